The maximum absolute atomic E-state index is 13.2. The predicted octanol–water partition coefficient (Wildman–Crippen LogP) is 3.66. The van der Waals surface area contributed by atoms with Crippen molar-refractivity contribution in [2.24, 2.45) is 0 Å². The molecule has 2 aromatic carbocycles. The number of ether oxygens (including phenoxy) is 1. The molecule has 1 aliphatic heterocycles. The average molecular weight is 367 g/mol. The van der Waals surface area contributed by atoms with Crippen molar-refractivity contribution in [1.82, 2.24) is 5.32 Å². The minimum atomic E-state index is -0.692. The number of hydrogen-bond acceptors (Lipinski definition) is 4. The highest BCUT2D eigenvalue weighted by Gasteiger charge is 2.22. The van der Waals surface area contributed by atoms with Crippen molar-refractivity contribution >= 4 is 17.7 Å². The van der Waals surface area contributed by atoms with Crippen molar-refractivity contribution in [1.29, 1.82) is 0 Å². The first kappa shape index (κ1) is 19.2. The molecule has 4 nitrogen and oxygen atoms in total. The lowest BCUT2D eigenvalue weighted by atomic mass is 10.1. The highest BCUT2D eigenvalue weighted by atomic mass is 32.2. The number of thioether (sulfide) groups is 1. The van der Waals surface area contributed by atoms with Gasteiger partial charge in [0, 0.05) is 31.9 Å². The van der Waals surface area contributed by atoms with Gasteiger partial charge in [-0.05, 0) is 29.9 Å². The van der Waals surface area contributed by atoms with Crippen LogP contribution in [0.25, 0.3) is 0 Å². The molecular weight excluding hydrogens is 348 g/mol. The van der Waals surface area contributed by atoms with Crippen LogP contribution >= 0.6 is 11.8 Å². The zero-order valence-electron chi connectivity index (χ0n) is 13.7. The lowest BCUT2D eigenvalue weighted by Gasteiger charge is -2.14. The van der Waals surface area contributed by atoms with Crippen molar-refractivity contribution in [3.05, 3.63) is 59.7 Å². The molecule has 1 fully saturated rings. The third-order valence-corrected chi connectivity index (χ3v) is 4.74. The second kappa shape index (κ2) is 9.39. The summed E-state index contributed by atoms with van der Waals surface area (Å²) in [6.45, 7) is 0.703. The SMILES string of the molecule is CO.O=C1NCCCSC1c1ccc(Oc2cc(F)cc(F)c2)cc1. The summed E-state index contributed by atoms with van der Waals surface area (Å²) in [7, 11) is 1.00. The number of nitrogens with one attached hydrogen (secondary N) is 1. The molecule has 1 heterocycles. The van der Waals surface area contributed by atoms with E-state index in [1.807, 2.05) is 0 Å². The third kappa shape index (κ3) is 5.44. The second-order valence-electron chi connectivity index (χ2n) is 5.17. The quantitative estimate of drug-likeness (QED) is 0.869. The minimum absolute atomic E-state index is 0.00775. The van der Waals surface area contributed by atoms with E-state index in [-0.39, 0.29) is 16.9 Å². The van der Waals surface area contributed by atoms with Crippen LogP contribution in [0.5, 0.6) is 11.5 Å². The lowest BCUT2D eigenvalue weighted by Crippen LogP contribution is -2.26. The van der Waals surface area contributed by atoms with Crippen molar-refractivity contribution in [3.63, 3.8) is 0 Å². The highest BCUT2D eigenvalue weighted by Crippen LogP contribution is 2.33. The van der Waals surface area contributed by atoms with Gasteiger partial charge in [-0.25, -0.2) is 8.78 Å². The number of carbonyl (C=O) groups excluding carboxylic acids is 1. The van der Waals surface area contributed by atoms with Crippen LogP contribution in [0.3, 0.4) is 0 Å². The smallest absolute Gasteiger partial charge is 0.237 e. The first-order valence-electron chi connectivity index (χ1n) is 7.70. The number of halogens is 2. The fourth-order valence-electron chi connectivity index (χ4n) is 2.34. The van der Waals surface area contributed by atoms with Crippen LogP contribution in [0.2, 0.25) is 0 Å². The molecule has 1 saturated heterocycles. The van der Waals surface area contributed by atoms with Crippen LogP contribution in [0, 0.1) is 11.6 Å². The molecule has 0 spiro atoms. The molecular formula is C18H19F2NO3S. The molecule has 0 aromatic heterocycles. The summed E-state index contributed by atoms with van der Waals surface area (Å²) >= 11 is 1.61. The predicted molar refractivity (Wildman–Crippen MR) is 93.8 cm³/mol. The summed E-state index contributed by atoms with van der Waals surface area (Å²) in [5.41, 5.74) is 0.882. The van der Waals surface area contributed by atoms with Gasteiger partial charge in [-0.1, -0.05) is 12.1 Å². The molecule has 3 rings (SSSR count). The molecule has 0 bridgehead atoms. The first-order valence-corrected chi connectivity index (χ1v) is 8.75. The van der Waals surface area contributed by atoms with E-state index in [4.69, 9.17) is 9.84 Å². The molecule has 0 saturated carbocycles. The molecule has 134 valence electrons. The number of carbonyl (C=O) groups is 1. The number of hydrogen-bond donors (Lipinski definition) is 2. The zero-order chi connectivity index (χ0) is 18.2. The Hall–Kier alpha value is -2.12. The van der Waals surface area contributed by atoms with Gasteiger partial charge in [-0.15, -0.1) is 11.8 Å². The van der Waals surface area contributed by atoms with Crippen molar-refractivity contribution in [2.75, 3.05) is 19.4 Å². The Morgan fingerprint density at radius 3 is 2.36 bits per heavy atom. The molecule has 25 heavy (non-hydrogen) atoms. The van der Waals surface area contributed by atoms with Crippen molar-refractivity contribution in [3.8, 4) is 11.5 Å². The van der Waals surface area contributed by atoms with E-state index >= 15 is 0 Å². The summed E-state index contributed by atoms with van der Waals surface area (Å²) in [6.07, 6.45) is 0.958. The molecule has 1 atom stereocenters. The Labute approximate surface area is 149 Å². The van der Waals surface area contributed by atoms with E-state index in [2.05, 4.69) is 5.32 Å². The summed E-state index contributed by atoms with van der Waals surface area (Å²) in [6, 6.07) is 10.0. The Balaban J connectivity index is 0.00000109. The van der Waals surface area contributed by atoms with Gasteiger partial charge in [0.05, 0.1) is 0 Å². The van der Waals surface area contributed by atoms with E-state index in [1.165, 1.54) is 0 Å². The lowest BCUT2D eigenvalue weighted by molar-refractivity contribution is -0.120. The fourth-order valence-corrected chi connectivity index (χ4v) is 3.47. The Kier molecular flexibility index (Phi) is 7.21. The van der Waals surface area contributed by atoms with Crippen LogP contribution in [-0.4, -0.2) is 30.4 Å². The first-order chi connectivity index (χ1) is 12.1. The third-order valence-electron chi connectivity index (χ3n) is 3.40. The van der Waals surface area contributed by atoms with Gasteiger partial charge >= 0.3 is 0 Å². The molecule has 2 aromatic rings. The molecule has 2 N–H and O–H groups in total. The maximum atomic E-state index is 13.2. The average Bonchev–Trinajstić information content (AvgIpc) is 2.81. The van der Waals surface area contributed by atoms with E-state index in [0.717, 1.165) is 43.0 Å². The van der Waals surface area contributed by atoms with Gasteiger partial charge < -0.3 is 15.2 Å². The van der Waals surface area contributed by atoms with Gasteiger partial charge in [0.1, 0.15) is 28.4 Å². The molecule has 1 aliphatic rings. The second-order valence-corrected chi connectivity index (χ2v) is 6.38. The Bertz CT molecular complexity index is 690. The van der Waals surface area contributed by atoms with Gasteiger partial charge in [-0.2, -0.15) is 0 Å². The van der Waals surface area contributed by atoms with E-state index in [9.17, 15) is 13.6 Å². The fraction of sp³-hybridized carbons (Fsp3) is 0.278. The molecule has 0 radical (unpaired) electrons. The minimum Gasteiger partial charge on any atom is -0.457 e. The number of aliphatic hydroxyl groups excluding tert-OH is 1. The number of rotatable bonds is 3. The summed E-state index contributed by atoms with van der Waals surface area (Å²) in [5.74, 6) is 0.0961. The molecule has 1 unspecified atom stereocenters. The van der Waals surface area contributed by atoms with E-state index in [1.54, 1.807) is 36.0 Å². The molecule has 1 amide bonds. The van der Waals surface area contributed by atoms with Crippen LogP contribution in [0.1, 0.15) is 17.2 Å². The Morgan fingerprint density at radius 1 is 1.08 bits per heavy atom. The topological polar surface area (TPSA) is 58.6 Å². The van der Waals surface area contributed by atoms with E-state index in [0.29, 0.717) is 12.3 Å². The Morgan fingerprint density at radius 2 is 1.72 bits per heavy atom. The summed E-state index contributed by atoms with van der Waals surface area (Å²) < 4.78 is 31.8. The van der Waals surface area contributed by atoms with Crippen molar-refractivity contribution in [2.45, 2.75) is 11.7 Å². The van der Waals surface area contributed by atoms with Crippen LogP contribution in [-0.2, 0) is 4.79 Å². The summed E-state index contributed by atoms with van der Waals surface area (Å²) in [4.78, 5) is 12.0. The maximum Gasteiger partial charge on any atom is 0.237 e. The summed E-state index contributed by atoms with van der Waals surface area (Å²) in [5, 5.41) is 9.65. The van der Waals surface area contributed by atoms with Crippen molar-refractivity contribution < 1.29 is 23.4 Å². The van der Waals surface area contributed by atoms with Crippen LogP contribution in [0.15, 0.2) is 42.5 Å². The van der Waals surface area contributed by atoms with Gasteiger partial charge in [0.25, 0.3) is 0 Å². The van der Waals surface area contributed by atoms with Gasteiger partial charge in [0.15, 0.2) is 0 Å². The normalized spacial score (nSPS) is 17.0. The zero-order valence-corrected chi connectivity index (χ0v) is 14.5. The highest BCUT2D eigenvalue weighted by molar-refractivity contribution is 8.00. The van der Waals surface area contributed by atoms with Gasteiger partial charge in [0.2, 0.25) is 5.91 Å². The molecule has 7 heteroatoms. The standard InChI is InChI=1S/C17H15F2NO2S.CH4O/c18-12-8-13(19)10-15(9-12)22-14-4-2-11(3-5-14)16-17(21)20-6-1-7-23-16;1-2/h2-5,8-10,16H,1,6-7H2,(H,20,21);2H,1H3. The number of benzene rings is 2. The van der Waals surface area contributed by atoms with E-state index < -0.39 is 11.6 Å². The number of amides is 1. The van der Waals surface area contributed by atoms with Crippen LogP contribution in [0.4, 0.5) is 8.78 Å². The van der Waals surface area contributed by atoms with Crippen LogP contribution < -0.4 is 10.1 Å². The number of aliphatic hydroxyl groups is 1. The monoisotopic (exact) mass is 367 g/mol. The molecule has 0 aliphatic carbocycles. The largest absolute Gasteiger partial charge is 0.457 e. The van der Waals surface area contributed by atoms with Gasteiger partial charge in [-0.3, -0.25) is 4.79 Å².